The number of hydrogen-bond acceptors (Lipinski definition) is 4. The largest absolute Gasteiger partial charge is 0.508 e. The molecule has 124 valence electrons. The van der Waals surface area contributed by atoms with E-state index in [9.17, 15) is 5.11 Å². The van der Waals surface area contributed by atoms with E-state index in [0.717, 1.165) is 34.2 Å². The molecule has 4 rings (SSSR count). The maximum absolute atomic E-state index is 9.82. The van der Waals surface area contributed by atoms with Gasteiger partial charge in [0.1, 0.15) is 28.7 Å². The quantitative estimate of drug-likeness (QED) is 0.580. The van der Waals surface area contributed by atoms with Crippen molar-refractivity contribution in [2.75, 3.05) is 12.4 Å². The predicted molar refractivity (Wildman–Crippen MR) is 98.6 cm³/mol. The topological polar surface area (TPSA) is 58.8 Å². The number of hydrogen-bond donors (Lipinski definition) is 2. The summed E-state index contributed by atoms with van der Waals surface area (Å²) >= 11 is 0. The van der Waals surface area contributed by atoms with Crippen molar-refractivity contribution in [3.8, 4) is 22.8 Å². The number of aromatic nitrogens is 2. The molecule has 25 heavy (non-hydrogen) atoms. The van der Waals surface area contributed by atoms with Gasteiger partial charge in [-0.2, -0.15) is 0 Å². The predicted octanol–water partition coefficient (Wildman–Crippen LogP) is 4.46. The second kappa shape index (κ2) is 6.20. The van der Waals surface area contributed by atoms with Crippen LogP contribution in [0.25, 0.3) is 16.9 Å². The van der Waals surface area contributed by atoms with Crippen molar-refractivity contribution in [1.82, 2.24) is 9.38 Å². The maximum Gasteiger partial charge on any atom is 0.143 e. The zero-order chi connectivity index (χ0) is 17.2. The molecule has 0 aliphatic heterocycles. The third-order valence-electron chi connectivity index (χ3n) is 4.00. The first-order valence-corrected chi connectivity index (χ1v) is 7.92. The molecule has 0 fully saturated rings. The Balaban J connectivity index is 1.84. The van der Waals surface area contributed by atoms with Crippen LogP contribution in [0.4, 0.5) is 11.5 Å². The zero-order valence-corrected chi connectivity index (χ0v) is 13.7. The number of anilines is 2. The Labute approximate surface area is 145 Å². The maximum atomic E-state index is 9.82. The monoisotopic (exact) mass is 331 g/mol. The smallest absolute Gasteiger partial charge is 0.143 e. The van der Waals surface area contributed by atoms with Crippen LogP contribution in [0.15, 0.2) is 72.9 Å². The molecule has 0 saturated heterocycles. The molecule has 2 aromatic carbocycles. The highest BCUT2D eigenvalue weighted by atomic mass is 16.5. The molecule has 0 aliphatic rings. The number of methoxy groups -OCH3 is 1. The highest BCUT2D eigenvalue weighted by Crippen LogP contribution is 2.32. The molecule has 0 saturated carbocycles. The van der Waals surface area contributed by atoms with Crippen molar-refractivity contribution in [1.29, 1.82) is 0 Å². The minimum absolute atomic E-state index is 0.213. The molecule has 5 heteroatoms. The minimum Gasteiger partial charge on any atom is -0.508 e. The van der Waals surface area contributed by atoms with Crippen molar-refractivity contribution in [2.24, 2.45) is 0 Å². The molecular formula is C20H17N3O2. The second-order valence-corrected chi connectivity index (χ2v) is 5.64. The standard InChI is InChI=1S/C20H17N3O2/c1-25-17-10-8-15(9-11-17)21-20-19(14-5-4-6-16(24)13-14)22-18-7-2-3-12-23(18)20/h2-13,21,24H,1H3. The van der Waals surface area contributed by atoms with Crippen molar-refractivity contribution in [2.45, 2.75) is 0 Å². The normalized spacial score (nSPS) is 10.8. The van der Waals surface area contributed by atoms with Crippen LogP contribution in [0.2, 0.25) is 0 Å². The van der Waals surface area contributed by atoms with E-state index in [-0.39, 0.29) is 5.75 Å². The van der Waals surface area contributed by atoms with E-state index in [1.807, 2.05) is 65.2 Å². The second-order valence-electron chi connectivity index (χ2n) is 5.64. The van der Waals surface area contributed by atoms with Gasteiger partial charge >= 0.3 is 0 Å². The lowest BCUT2D eigenvalue weighted by atomic mass is 10.1. The first-order valence-electron chi connectivity index (χ1n) is 7.92. The summed E-state index contributed by atoms with van der Waals surface area (Å²) in [5.74, 6) is 1.85. The number of phenols is 1. The Morgan fingerprint density at radius 3 is 2.60 bits per heavy atom. The van der Waals surface area contributed by atoms with E-state index in [1.165, 1.54) is 0 Å². The lowest BCUT2D eigenvalue weighted by Gasteiger charge is -2.10. The number of nitrogens with one attached hydrogen (secondary N) is 1. The van der Waals surface area contributed by atoms with Crippen LogP contribution in [-0.4, -0.2) is 21.6 Å². The highest BCUT2D eigenvalue weighted by molar-refractivity contribution is 5.80. The SMILES string of the molecule is COc1ccc(Nc2c(-c3cccc(O)c3)nc3ccccn23)cc1. The van der Waals surface area contributed by atoms with E-state index in [1.54, 1.807) is 19.2 Å². The third kappa shape index (κ3) is 2.87. The van der Waals surface area contributed by atoms with Crippen LogP contribution in [-0.2, 0) is 0 Å². The number of benzene rings is 2. The number of rotatable bonds is 4. The van der Waals surface area contributed by atoms with Gasteiger partial charge in [0.2, 0.25) is 0 Å². The van der Waals surface area contributed by atoms with Crippen molar-refractivity contribution >= 4 is 17.2 Å². The Morgan fingerprint density at radius 2 is 1.84 bits per heavy atom. The molecule has 0 radical (unpaired) electrons. The van der Waals surface area contributed by atoms with Gasteiger partial charge in [0, 0.05) is 17.4 Å². The summed E-state index contributed by atoms with van der Waals surface area (Å²) in [5, 5.41) is 13.2. The molecule has 0 unspecified atom stereocenters. The number of nitrogens with zero attached hydrogens (tertiary/aromatic N) is 2. The Bertz CT molecular complexity index is 1020. The van der Waals surface area contributed by atoms with E-state index in [0.29, 0.717) is 0 Å². The van der Waals surface area contributed by atoms with Gasteiger partial charge in [-0.15, -0.1) is 0 Å². The van der Waals surface area contributed by atoms with Crippen molar-refractivity contribution in [3.05, 3.63) is 72.9 Å². The highest BCUT2D eigenvalue weighted by Gasteiger charge is 2.14. The average Bonchev–Trinajstić information content (AvgIpc) is 3.01. The summed E-state index contributed by atoms with van der Waals surface area (Å²) < 4.78 is 7.20. The Kier molecular flexibility index (Phi) is 3.74. The fourth-order valence-corrected chi connectivity index (χ4v) is 2.78. The number of pyridine rings is 1. The summed E-state index contributed by atoms with van der Waals surface area (Å²) in [6.45, 7) is 0. The van der Waals surface area contributed by atoms with Gasteiger partial charge in [-0.3, -0.25) is 4.40 Å². The summed E-state index contributed by atoms with van der Waals surface area (Å²) in [5.41, 5.74) is 3.38. The van der Waals surface area contributed by atoms with Gasteiger partial charge < -0.3 is 15.2 Å². The first-order chi connectivity index (χ1) is 12.2. The first kappa shape index (κ1) is 15.1. The summed E-state index contributed by atoms with van der Waals surface area (Å²) in [4.78, 5) is 4.72. The molecule has 0 bridgehead atoms. The van der Waals surface area contributed by atoms with Gasteiger partial charge in [-0.05, 0) is 48.5 Å². The van der Waals surface area contributed by atoms with Gasteiger partial charge in [0.05, 0.1) is 7.11 Å². The van der Waals surface area contributed by atoms with Crippen molar-refractivity contribution in [3.63, 3.8) is 0 Å². The molecule has 2 heterocycles. The van der Waals surface area contributed by atoms with Gasteiger partial charge in [-0.1, -0.05) is 18.2 Å². The van der Waals surface area contributed by atoms with Crippen LogP contribution in [0.1, 0.15) is 0 Å². The molecular weight excluding hydrogens is 314 g/mol. The molecule has 2 N–H and O–H groups in total. The minimum atomic E-state index is 0.213. The summed E-state index contributed by atoms with van der Waals surface area (Å²) in [7, 11) is 1.65. The Morgan fingerprint density at radius 1 is 1.00 bits per heavy atom. The molecule has 0 spiro atoms. The van der Waals surface area contributed by atoms with Gasteiger partial charge in [-0.25, -0.2) is 4.98 Å². The average molecular weight is 331 g/mol. The third-order valence-corrected chi connectivity index (χ3v) is 4.00. The van der Waals surface area contributed by atoms with Crippen LogP contribution in [0.3, 0.4) is 0 Å². The van der Waals surface area contributed by atoms with E-state index < -0.39 is 0 Å². The van der Waals surface area contributed by atoms with Crippen LogP contribution < -0.4 is 10.1 Å². The number of phenolic OH excluding ortho intramolecular Hbond substituents is 1. The van der Waals surface area contributed by atoms with E-state index in [2.05, 4.69) is 5.32 Å². The van der Waals surface area contributed by atoms with E-state index >= 15 is 0 Å². The molecule has 0 amide bonds. The molecule has 5 nitrogen and oxygen atoms in total. The fourth-order valence-electron chi connectivity index (χ4n) is 2.78. The molecule has 4 aromatic rings. The zero-order valence-electron chi connectivity index (χ0n) is 13.7. The number of imidazole rings is 1. The van der Waals surface area contributed by atoms with E-state index in [4.69, 9.17) is 9.72 Å². The number of aromatic hydroxyl groups is 1. The molecule has 2 aromatic heterocycles. The Hall–Kier alpha value is -3.47. The van der Waals surface area contributed by atoms with Crippen LogP contribution >= 0.6 is 0 Å². The van der Waals surface area contributed by atoms with Gasteiger partial charge in [0.25, 0.3) is 0 Å². The van der Waals surface area contributed by atoms with Gasteiger partial charge in [0.15, 0.2) is 0 Å². The summed E-state index contributed by atoms with van der Waals surface area (Å²) in [6.07, 6.45) is 1.96. The van der Waals surface area contributed by atoms with Crippen LogP contribution in [0.5, 0.6) is 11.5 Å². The number of fused-ring (bicyclic) bond motifs is 1. The van der Waals surface area contributed by atoms with Crippen LogP contribution in [0, 0.1) is 0 Å². The number of ether oxygens (including phenoxy) is 1. The molecule has 0 aliphatic carbocycles. The summed E-state index contributed by atoms with van der Waals surface area (Å²) in [6, 6.07) is 20.7. The molecule has 0 atom stereocenters. The lowest BCUT2D eigenvalue weighted by Crippen LogP contribution is -1.97. The fraction of sp³-hybridized carbons (Fsp3) is 0.0500. The van der Waals surface area contributed by atoms with Crippen molar-refractivity contribution < 1.29 is 9.84 Å². The lowest BCUT2D eigenvalue weighted by molar-refractivity contribution is 0.415.